The third kappa shape index (κ3) is 3.13. The topological polar surface area (TPSA) is 81.5 Å². The summed E-state index contributed by atoms with van der Waals surface area (Å²) in [6.07, 6.45) is 3.46. The van der Waals surface area contributed by atoms with Crippen LogP contribution in [0.4, 0.5) is 0 Å². The molecule has 120 valence electrons. The van der Waals surface area contributed by atoms with E-state index in [0.29, 0.717) is 13.1 Å². The molecule has 0 unspecified atom stereocenters. The summed E-state index contributed by atoms with van der Waals surface area (Å²) in [5, 5.41) is 8.86. The summed E-state index contributed by atoms with van der Waals surface area (Å²) in [6, 6.07) is 2.10. The maximum absolute atomic E-state index is 12.4. The molecular formula is C16H23N3O3. The van der Waals surface area contributed by atoms with Gasteiger partial charge in [-0.2, -0.15) is 5.26 Å². The third-order valence-corrected chi connectivity index (χ3v) is 4.67. The number of carbonyl (C=O) groups is 3. The van der Waals surface area contributed by atoms with Crippen molar-refractivity contribution in [3.8, 4) is 6.07 Å². The summed E-state index contributed by atoms with van der Waals surface area (Å²) >= 11 is 0. The Kier molecular flexibility index (Phi) is 5.17. The molecule has 3 amide bonds. The van der Waals surface area contributed by atoms with Crippen LogP contribution in [-0.4, -0.2) is 47.2 Å². The zero-order valence-electron chi connectivity index (χ0n) is 13.2. The number of likely N-dealkylation sites (N-methyl/N-ethyl adjacent to an activating group) is 1. The first-order valence-electron chi connectivity index (χ1n) is 8.02. The standard InChI is InChI=1S/C16H23N3O3/c1-3-18(9-11(2)8-17)14(20)10-19-15(21)12-6-4-5-7-13(12)16(19)22/h11-13H,3-7,9-10H2,1-2H3/t11-,12-,13-/m1/s1. The Morgan fingerprint density at radius 1 is 1.32 bits per heavy atom. The van der Waals surface area contributed by atoms with Crippen molar-refractivity contribution in [2.75, 3.05) is 19.6 Å². The molecule has 6 nitrogen and oxygen atoms in total. The van der Waals surface area contributed by atoms with Crippen LogP contribution in [0.15, 0.2) is 0 Å². The van der Waals surface area contributed by atoms with Gasteiger partial charge in [-0.3, -0.25) is 19.3 Å². The molecule has 1 aliphatic heterocycles. The summed E-state index contributed by atoms with van der Waals surface area (Å²) in [4.78, 5) is 39.7. The van der Waals surface area contributed by atoms with Crippen LogP contribution in [0.25, 0.3) is 0 Å². The maximum Gasteiger partial charge on any atom is 0.242 e. The molecule has 3 atom stereocenters. The van der Waals surface area contributed by atoms with Crippen LogP contribution < -0.4 is 0 Å². The summed E-state index contributed by atoms with van der Waals surface area (Å²) < 4.78 is 0. The summed E-state index contributed by atoms with van der Waals surface area (Å²) in [5.74, 6) is -1.34. The average molecular weight is 305 g/mol. The van der Waals surface area contributed by atoms with Crippen molar-refractivity contribution < 1.29 is 14.4 Å². The lowest BCUT2D eigenvalue weighted by Crippen LogP contribution is -2.44. The monoisotopic (exact) mass is 305 g/mol. The van der Waals surface area contributed by atoms with E-state index in [1.165, 1.54) is 4.90 Å². The van der Waals surface area contributed by atoms with Crippen LogP contribution in [0.1, 0.15) is 39.5 Å². The van der Waals surface area contributed by atoms with E-state index in [9.17, 15) is 14.4 Å². The first-order valence-corrected chi connectivity index (χ1v) is 8.02. The van der Waals surface area contributed by atoms with Crippen molar-refractivity contribution in [1.82, 2.24) is 9.80 Å². The number of nitriles is 1. The van der Waals surface area contributed by atoms with E-state index in [4.69, 9.17) is 5.26 Å². The normalized spacial score (nSPS) is 25.6. The van der Waals surface area contributed by atoms with Gasteiger partial charge < -0.3 is 4.90 Å². The second-order valence-corrected chi connectivity index (χ2v) is 6.22. The van der Waals surface area contributed by atoms with Crippen LogP contribution in [0, 0.1) is 29.1 Å². The van der Waals surface area contributed by atoms with Gasteiger partial charge in [-0.1, -0.05) is 12.8 Å². The minimum absolute atomic E-state index is 0.184. The SMILES string of the molecule is CCN(C[C@H](C)C#N)C(=O)CN1C(=O)[C@@H]2CCCC[C@H]2C1=O. The molecule has 1 heterocycles. The van der Waals surface area contributed by atoms with Gasteiger partial charge in [0.25, 0.3) is 0 Å². The number of fused-ring (bicyclic) bond motifs is 1. The van der Waals surface area contributed by atoms with Crippen molar-refractivity contribution in [2.24, 2.45) is 17.8 Å². The largest absolute Gasteiger partial charge is 0.340 e. The number of rotatable bonds is 5. The van der Waals surface area contributed by atoms with E-state index in [1.807, 2.05) is 6.92 Å². The molecule has 0 aromatic carbocycles. The molecule has 0 aromatic rings. The van der Waals surface area contributed by atoms with Gasteiger partial charge in [0, 0.05) is 13.1 Å². The Balaban J connectivity index is 2.03. The van der Waals surface area contributed by atoms with Gasteiger partial charge in [0.15, 0.2) is 0 Å². The van der Waals surface area contributed by atoms with Crippen molar-refractivity contribution in [2.45, 2.75) is 39.5 Å². The molecule has 1 aliphatic carbocycles. The number of hydrogen-bond donors (Lipinski definition) is 0. The first kappa shape index (κ1) is 16.5. The number of carbonyl (C=O) groups excluding carboxylic acids is 3. The molecule has 0 bridgehead atoms. The maximum atomic E-state index is 12.4. The Morgan fingerprint density at radius 3 is 2.32 bits per heavy atom. The minimum atomic E-state index is -0.267. The number of nitrogens with zero attached hydrogens (tertiary/aromatic N) is 3. The lowest BCUT2D eigenvalue weighted by Gasteiger charge is -2.24. The van der Waals surface area contributed by atoms with Gasteiger partial charge in [0.05, 0.1) is 23.8 Å². The lowest BCUT2D eigenvalue weighted by atomic mass is 9.81. The van der Waals surface area contributed by atoms with Crippen LogP contribution in [0.2, 0.25) is 0 Å². The first-order chi connectivity index (χ1) is 10.5. The van der Waals surface area contributed by atoms with Gasteiger partial charge >= 0.3 is 0 Å². The molecule has 0 N–H and O–H groups in total. The molecule has 2 fully saturated rings. The fraction of sp³-hybridized carbons (Fsp3) is 0.750. The number of amides is 3. The predicted molar refractivity (Wildman–Crippen MR) is 79.2 cm³/mol. The quantitative estimate of drug-likeness (QED) is 0.714. The molecule has 0 aromatic heterocycles. The van der Waals surface area contributed by atoms with Crippen molar-refractivity contribution in [3.05, 3.63) is 0 Å². The molecule has 0 radical (unpaired) electrons. The van der Waals surface area contributed by atoms with Crippen LogP contribution in [0.3, 0.4) is 0 Å². The Hall–Kier alpha value is -1.90. The second-order valence-electron chi connectivity index (χ2n) is 6.22. The number of imide groups is 1. The number of hydrogen-bond acceptors (Lipinski definition) is 4. The highest BCUT2D eigenvalue weighted by Crippen LogP contribution is 2.37. The second kappa shape index (κ2) is 6.91. The van der Waals surface area contributed by atoms with E-state index in [2.05, 4.69) is 6.07 Å². The number of likely N-dealkylation sites (tertiary alicyclic amines) is 1. The molecule has 1 saturated heterocycles. The van der Waals surface area contributed by atoms with Gasteiger partial charge in [0.1, 0.15) is 6.54 Å². The lowest BCUT2D eigenvalue weighted by molar-refractivity contribution is -0.146. The molecule has 2 rings (SSSR count). The summed E-state index contributed by atoms with van der Waals surface area (Å²) in [5.41, 5.74) is 0. The van der Waals surface area contributed by atoms with E-state index in [1.54, 1.807) is 6.92 Å². The predicted octanol–water partition coefficient (Wildman–Crippen LogP) is 1.17. The molecule has 1 saturated carbocycles. The molecule has 0 spiro atoms. The molecule has 22 heavy (non-hydrogen) atoms. The highest BCUT2D eigenvalue weighted by molar-refractivity contribution is 6.07. The molecule has 6 heteroatoms. The van der Waals surface area contributed by atoms with E-state index < -0.39 is 0 Å². The summed E-state index contributed by atoms with van der Waals surface area (Å²) in [7, 11) is 0. The smallest absolute Gasteiger partial charge is 0.242 e. The Morgan fingerprint density at radius 2 is 1.86 bits per heavy atom. The van der Waals surface area contributed by atoms with Gasteiger partial charge in [-0.25, -0.2) is 0 Å². The minimum Gasteiger partial charge on any atom is -0.340 e. The Bertz CT molecular complexity index is 487. The average Bonchev–Trinajstić information content (AvgIpc) is 2.77. The van der Waals surface area contributed by atoms with Crippen LogP contribution >= 0.6 is 0 Å². The molecule has 2 aliphatic rings. The zero-order valence-corrected chi connectivity index (χ0v) is 13.2. The fourth-order valence-corrected chi connectivity index (χ4v) is 3.40. The van der Waals surface area contributed by atoms with E-state index in [0.717, 1.165) is 30.6 Å². The van der Waals surface area contributed by atoms with Crippen LogP contribution in [-0.2, 0) is 14.4 Å². The van der Waals surface area contributed by atoms with E-state index >= 15 is 0 Å². The van der Waals surface area contributed by atoms with Crippen molar-refractivity contribution >= 4 is 17.7 Å². The van der Waals surface area contributed by atoms with Gasteiger partial charge in [-0.05, 0) is 26.7 Å². The highest BCUT2D eigenvalue weighted by Gasteiger charge is 2.48. The van der Waals surface area contributed by atoms with Gasteiger partial charge in [-0.15, -0.1) is 0 Å². The molecular weight excluding hydrogens is 282 g/mol. The highest BCUT2D eigenvalue weighted by atomic mass is 16.2. The summed E-state index contributed by atoms with van der Waals surface area (Å²) in [6.45, 7) is 4.19. The third-order valence-electron chi connectivity index (χ3n) is 4.67. The van der Waals surface area contributed by atoms with E-state index in [-0.39, 0.29) is 42.0 Å². The van der Waals surface area contributed by atoms with Crippen molar-refractivity contribution in [1.29, 1.82) is 5.26 Å². The van der Waals surface area contributed by atoms with Gasteiger partial charge in [0.2, 0.25) is 17.7 Å². The fourth-order valence-electron chi connectivity index (χ4n) is 3.40. The van der Waals surface area contributed by atoms with Crippen LogP contribution in [0.5, 0.6) is 0 Å². The van der Waals surface area contributed by atoms with Crippen molar-refractivity contribution in [3.63, 3.8) is 0 Å². The Labute approximate surface area is 131 Å². The zero-order chi connectivity index (χ0) is 16.3.